The van der Waals surface area contributed by atoms with Gasteiger partial charge in [-0.25, -0.2) is 13.8 Å². The average Bonchev–Trinajstić information content (AvgIpc) is 2.97. The largest absolute Gasteiger partial charge is 0.301 e. The van der Waals surface area contributed by atoms with E-state index in [0.717, 1.165) is 0 Å². The third-order valence-corrected chi connectivity index (χ3v) is 5.09. The quantitative estimate of drug-likeness (QED) is 0.508. The highest BCUT2D eigenvalue weighted by atomic mass is 35.5. The second-order valence-corrected chi connectivity index (χ2v) is 6.78. The van der Waals surface area contributed by atoms with Crippen LogP contribution in [0.2, 0.25) is 10.0 Å². The molecule has 0 fully saturated rings. The molecule has 1 aromatic heterocycles. The first-order valence-corrected chi connectivity index (χ1v) is 8.90. The van der Waals surface area contributed by atoms with Crippen LogP contribution >= 0.6 is 34.8 Å². The maximum absolute atomic E-state index is 14.4. The molecule has 0 radical (unpaired) electrons. The highest BCUT2D eigenvalue weighted by Crippen LogP contribution is 2.33. The molecule has 2 aromatic carbocycles. The maximum Gasteiger partial charge on any atom is 0.135 e. The van der Waals surface area contributed by atoms with Gasteiger partial charge in [-0.05, 0) is 24.3 Å². The SMILES string of the molecule is Fc1cccc(F)c1C1=NCc2nc(CCl)cn2-c2cc(Cl)c(Cl)cc21. The van der Waals surface area contributed by atoms with Crippen molar-refractivity contribution in [1.29, 1.82) is 0 Å². The predicted octanol–water partition coefficient (Wildman–Crippen LogP) is 5.55. The molecule has 3 aromatic rings. The van der Waals surface area contributed by atoms with Gasteiger partial charge in [0.05, 0.1) is 45.1 Å². The number of aliphatic imine (C=N–C) groups is 1. The highest BCUT2D eigenvalue weighted by Gasteiger charge is 2.25. The number of benzene rings is 2. The van der Waals surface area contributed by atoms with E-state index >= 15 is 0 Å². The van der Waals surface area contributed by atoms with Crippen LogP contribution in [-0.2, 0) is 12.4 Å². The second kappa shape index (κ2) is 6.65. The number of halogens is 5. The minimum atomic E-state index is -0.707. The average molecular weight is 413 g/mol. The van der Waals surface area contributed by atoms with Crippen molar-refractivity contribution in [3.63, 3.8) is 0 Å². The maximum atomic E-state index is 14.4. The molecule has 0 unspecified atom stereocenters. The number of nitrogens with zero attached hydrogens (tertiary/aromatic N) is 3. The molecule has 2 heterocycles. The van der Waals surface area contributed by atoms with Gasteiger partial charge in [-0.1, -0.05) is 29.3 Å². The van der Waals surface area contributed by atoms with E-state index in [-0.39, 0.29) is 28.7 Å². The summed E-state index contributed by atoms with van der Waals surface area (Å²) >= 11 is 18.2. The van der Waals surface area contributed by atoms with Crippen molar-refractivity contribution >= 4 is 40.5 Å². The summed E-state index contributed by atoms with van der Waals surface area (Å²) in [5, 5.41) is 0.573. The lowest BCUT2D eigenvalue weighted by atomic mass is 9.99. The zero-order chi connectivity index (χ0) is 18.4. The lowest BCUT2D eigenvalue weighted by Gasteiger charge is -2.14. The summed E-state index contributed by atoms with van der Waals surface area (Å²) in [4.78, 5) is 8.84. The summed E-state index contributed by atoms with van der Waals surface area (Å²) in [6.45, 7) is 0.129. The van der Waals surface area contributed by atoms with Crippen molar-refractivity contribution in [3.8, 4) is 5.69 Å². The summed E-state index contributed by atoms with van der Waals surface area (Å²) < 4.78 is 30.6. The van der Waals surface area contributed by atoms with Gasteiger partial charge >= 0.3 is 0 Å². The molecule has 26 heavy (non-hydrogen) atoms. The molecule has 0 amide bonds. The molecule has 8 heteroatoms. The molecule has 0 saturated heterocycles. The number of hydrogen-bond donors (Lipinski definition) is 0. The first kappa shape index (κ1) is 17.5. The van der Waals surface area contributed by atoms with E-state index in [1.54, 1.807) is 22.9 Å². The van der Waals surface area contributed by atoms with Crippen LogP contribution in [0.15, 0.2) is 41.5 Å². The van der Waals surface area contributed by atoms with Crippen molar-refractivity contribution in [1.82, 2.24) is 9.55 Å². The molecule has 0 aliphatic carbocycles. The van der Waals surface area contributed by atoms with Crippen LogP contribution in [0.3, 0.4) is 0 Å². The number of imidazole rings is 1. The summed E-state index contributed by atoms with van der Waals surface area (Å²) in [5.41, 5.74) is 1.65. The molecule has 0 atom stereocenters. The molecule has 3 nitrogen and oxygen atoms in total. The fourth-order valence-corrected chi connectivity index (χ4v) is 3.40. The highest BCUT2D eigenvalue weighted by molar-refractivity contribution is 6.42. The first-order chi connectivity index (χ1) is 12.5. The molecular formula is C18H10Cl3F2N3. The number of rotatable bonds is 2. The Bertz CT molecular complexity index is 1040. The van der Waals surface area contributed by atoms with Gasteiger partial charge in [0, 0.05) is 11.8 Å². The molecule has 0 spiro atoms. The Labute approximate surface area is 162 Å². The lowest BCUT2D eigenvalue weighted by Crippen LogP contribution is -2.11. The molecule has 1 aliphatic rings. The molecule has 0 bridgehead atoms. The van der Waals surface area contributed by atoms with Gasteiger partial charge in [0.2, 0.25) is 0 Å². The Balaban J connectivity index is 2.03. The number of hydrogen-bond acceptors (Lipinski definition) is 2. The monoisotopic (exact) mass is 411 g/mol. The zero-order valence-corrected chi connectivity index (χ0v) is 15.4. The Kier molecular flexibility index (Phi) is 4.47. The number of aromatic nitrogens is 2. The van der Waals surface area contributed by atoms with E-state index in [1.165, 1.54) is 18.2 Å². The second-order valence-electron chi connectivity index (χ2n) is 5.70. The summed E-state index contributed by atoms with van der Waals surface area (Å²) in [7, 11) is 0. The van der Waals surface area contributed by atoms with Crippen LogP contribution in [0.4, 0.5) is 8.78 Å². The van der Waals surface area contributed by atoms with Crippen LogP contribution < -0.4 is 0 Å². The van der Waals surface area contributed by atoms with Gasteiger partial charge in [-0.15, -0.1) is 11.6 Å². The molecule has 1 aliphatic heterocycles. The van der Waals surface area contributed by atoms with Crippen molar-refractivity contribution < 1.29 is 8.78 Å². The van der Waals surface area contributed by atoms with E-state index in [2.05, 4.69) is 9.98 Å². The van der Waals surface area contributed by atoms with Crippen LogP contribution in [0.25, 0.3) is 5.69 Å². The molecule has 4 rings (SSSR count). The smallest absolute Gasteiger partial charge is 0.135 e. The van der Waals surface area contributed by atoms with Crippen LogP contribution in [0.1, 0.15) is 22.6 Å². The standard InChI is InChI=1S/C18H10Cl3F2N3/c19-6-9-8-26-15-5-12(21)11(20)4-10(15)18(24-7-16(26)25-9)17-13(22)2-1-3-14(17)23/h1-5,8H,6-7H2. The van der Waals surface area contributed by atoms with Crippen molar-refractivity contribution in [2.45, 2.75) is 12.4 Å². The van der Waals surface area contributed by atoms with Crippen LogP contribution in [0, 0.1) is 11.6 Å². The predicted molar refractivity (Wildman–Crippen MR) is 98.8 cm³/mol. The Morgan fingerprint density at radius 3 is 2.46 bits per heavy atom. The van der Waals surface area contributed by atoms with Gasteiger partial charge in [0.25, 0.3) is 0 Å². The number of alkyl halides is 1. The molecule has 0 saturated carbocycles. The Morgan fingerprint density at radius 2 is 1.77 bits per heavy atom. The zero-order valence-electron chi connectivity index (χ0n) is 13.1. The molecule has 0 N–H and O–H groups in total. The fraction of sp³-hybridized carbons (Fsp3) is 0.111. The molecule has 132 valence electrons. The van der Waals surface area contributed by atoms with Gasteiger partial charge < -0.3 is 4.57 Å². The fourth-order valence-electron chi connectivity index (χ4n) is 2.95. The van der Waals surface area contributed by atoms with Gasteiger partial charge in [0.15, 0.2) is 0 Å². The molecular weight excluding hydrogens is 403 g/mol. The minimum absolute atomic E-state index is 0.129. The summed E-state index contributed by atoms with van der Waals surface area (Å²) in [6.07, 6.45) is 1.75. The van der Waals surface area contributed by atoms with Gasteiger partial charge in [-0.2, -0.15) is 0 Å². The first-order valence-electron chi connectivity index (χ1n) is 7.61. The normalized spacial score (nSPS) is 13.0. The van der Waals surface area contributed by atoms with E-state index in [4.69, 9.17) is 34.8 Å². The topological polar surface area (TPSA) is 30.2 Å². The lowest BCUT2D eigenvalue weighted by molar-refractivity contribution is 0.579. The van der Waals surface area contributed by atoms with E-state index in [0.29, 0.717) is 27.8 Å². The van der Waals surface area contributed by atoms with Crippen molar-refractivity contribution in [2.24, 2.45) is 4.99 Å². The van der Waals surface area contributed by atoms with E-state index in [1.807, 2.05) is 0 Å². The van der Waals surface area contributed by atoms with Crippen LogP contribution in [0.5, 0.6) is 0 Å². The van der Waals surface area contributed by atoms with E-state index < -0.39 is 11.6 Å². The minimum Gasteiger partial charge on any atom is -0.301 e. The third-order valence-electron chi connectivity index (χ3n) is 4.10. The van der Waals surface area contributed by atoms with Gasteiger partial charge in [-0.3, -0.25) is 4.99 Å². The van der Waals surface area contributed by atoms with E-state index in [9.17, 15) is 8.78 Å². The Morgan fingerprint density at radius 1 is 1.08 bits per heavy atom. The van der Waals surface area contributed by atoms with Crippen molar-refractivity contribution in [3.05, 3.63) is 80.9 Å². The summed E-state index contributed by atoms with van der Waals surface area (Å²) in [6, 6.07) is 6.86. The van der Waals surface area contributed by atoms with Crippen molar-refractivity contribution in [2.75, 3.05) is 0 Å². The summed E-state index contributed by atoms with van der Waals surface area (Å²) in [5.74, 6) is -0.592. The van der Waals surface area contributed by atoms with Crippen LogP contribution in [-0.4, -0.2) is 15.3 Å². The van der Waals surface area contributed by atoms with Gasteiger partial charge in [0.1, 0.15) is 17.5 Å². The third kappa shape index (κ3) is 2.80. The number of fused-ring (bicyclic) bond motifs is 3. The Hall–Kier alpha value is -1.95.